The molecule has 1 aromatic heterocycles. The molecular weight excluding hydrogens is 222 g/mol. The first-order valence-electron chi connectivity index (χ1n) is 5.64. The molecule has 0 aliphatic heterocycles. The smallest absolute Gasteiger partial charge is 0.289 e. The van der Waals surface area contributed by atoms with E-state index in [0.717, 1.165) is 12.8 Å². The Morgan fingerprint density at radius 1 is 1.41 bits per heavy atom. The zero-order valence-electron chi connectivity index (χ0n) is 9.66. The van der Waals surface area contributed by atoms with Crippen LogP contribution in [-0.4, -0.2) is 29.9 Å². The largest absolute Gasteiger partial charge is 0.438 e. The highest BCUT2D eigenvalue weighted by Crippen LogP contribution is 2.28. The number of nitrogens with one attached hydrogen (secondary N) is 2. The Bertz CT molecular complexity index is 423. The van der Waals surface area contributed by atoms with E-state index in [4.69, 9.17) is 4.42 Å². The number of carbonyl (C=O) groups is 2. The predicted octanol–water partition coefficient (Wildman–Crippen LogP) is 0.239. The maximum Gasteiger partial charge on any atom is 0.289 e. The Balaban J connectivity index is 1.66. The standard InChI is InChI=1S/C11H15N3O3/c1-7-9(17-6-14-7)11(16)13-5-4-12-10(15)8-2-3-8/h6,8H,2-5H2,1H3,(H,12,15)(H,13,16). The first kappa shape index (κ1) is 11.6. The van der Waals surface area contributed by atoms with Crippen LogP contribution < -0.4 is 10.6 Å². The van der Waals surface area contributed by atoms with E-state index in [1.807, 2.05) is 0 Å². The first-order chi connectivity index (χ1) is 8.18. The molecule has 92 valence electrons. The van der Waals surface area contributed by atoms with Gasteiger partial charge in [-0.25, -0.2) is 4.98 Å². The monoisotopic (exact) mass is 237 g/mol. The van der Waals surface area contributed by atoms with Gasteiger partial charge in [0.15, 0.2) is 6.39 Å². The summed E-state index contributed by atoms with van der Waals surface area (Å²) in [6.07, 6.45) is 3.20. The Morgan fingerprint density at radius 3 is 2.71 bits per heavy atom. The molecule has 2 N–H and O–H groups in total. The van der Waals surface area contributed by atoms with Crippen LogP contribution in [0.1, 0.15) is 29.1 Å². The van der Waals surface area contributed by atoms with E-state index < -0.39 is 0 Å². The van der Waals surface area contributed by atoms with Gasteiger partial charge in [0, 0.05) is 19.0 Å². The SMILES string of the molecule is Cc1ncoc1C(=O)NCCNC(=O)C1CC1. The average Bonchev–Trinajstić information content (AvgIpc) is 3.07. The van der Waals surface area contributed by atoms with Crippen molar-refractivity contribution < 1.29 is 14.0 Å². The van der Waals surface area contributed by atoms with Gasteiger partial charge in [-0.05, 0) is 19.8 Å². The van der Waals surface area contributed by atoms with Crippen molar-refractivity contribution in [3.63, 3.8) is 0 Å². The number of rotatable bonds is 5. The molecule has 2 amide bonds. The molecule has 6 nitrogen and oxygen atoms in total. The fourth-order valence-electron chi connectivity index (χ4n) is 1.45. The highest BCUT2D eigenvalue weighted by molar-refractivity contribution is 5.92. The van der Waals surface area contributed by atoms with Crippen LogP contribution in [0.25, 0.3) is 0 Å². The van der Waals surface area contributed by atoms with Crippen molar-refractivity contribution in [2.24, 2.45) is 5.92 Å². The van der Waals surface area contributed by atoms with E-state index >= 15 is 0 Å². The molecule has 0 saturated heterocycles. The average molecular weight is 237 g/mol. The highest BCUT2D eigenvalue weighted by Gasteiger charge is 2.29. The molecule has 0 spiro atoms. The van der Waals surface area contributed by atoms with Gasteiger partial charge >= 0.3 is 0 Å². The second kappa shape index (κ2) is 4.99. The predicted molar refractivity (Wildman–Crippen MR) is 59.3 cm³/mol. The van der Waals surface area contributed by atoms with Crippen LogP contribution in [-0.2, 0) is 4.79 Å². The Labute approximate surface area is 98.8 Å². The minimum absolute atomic E-state index is 0.0788. The zero-order chi connectivity index (χ0) is 12.3. The van der Waals surface area contributed by atoms with Crippen molar-refractivity contribution >= 4 is 11.8 Å². The lowest BCUT2D eigenvalue weighted by atomic mass is 10.3. The molecule has 0 atom stereocenters. The van der Waals surface area contributed by atoms with Gasteiger partial charge in [-0.15, -0.1) is 0 Å². The fourth-order valence-corrected chi connectivity index (χ4v) is 1.45. The fraction of sp³-hybridized carbons (Fsp3) is 0.545. The number of amides is 2. The Hall–Kier alpha value is -1.85. The van der Waals surface area contributed by atoms with Crippen molar-refractivity contribution in [2.75, 3.05) is 13.1 Å². The number of oxazole rings is 1. The summed E-state index contributed by atoms with van der Waals surface area (Å²) in [6.45, 7) is 2.53. The van der Waals surface area contributed by atoms with Crippen molar-refractivity contribution in [1.82, 2.24) is 15.6 Å². The van der Waals surface area contributed by atoms with Gasteiger partial charge in [0.05, 0.1) is 5.69 Å². The minimum Gasteiger partial charge on any atom is -0.438 e. The van der Waals surface area contributed by atoms with Crippen LogP contribution in [0.2, 0.25) is 0 Å². The third-order valence-corrected chi connectivity index (χ3v) is 2.61. The van der Waals surface area contributed by atoms with Crippen molar-refractivity contribution in [3.8, 4) is 0 Å². The molecule has 1 heterocycles. The number of carbonyl (C=O) groups excluding carboxylic acids is 2. The summed E-state index contributed by atoms with van der Waals surface area (Å²) < 4.78 is 4.94. The van der Waals surface area contributed by atoms with E-state index in [1.54, 1.807) is 6.92 Å². The van der Waals surface area contributed by atoms with Crippen LogP contribution in [0, 0.1) is 12.8 Å². The molecule has 1 aliphatic carbocycles. The number of hydrogen-bond donors (Lipinski definition) is 2. The van der Waals surface area contributed by atoms with Crippen LogP contribution in [0.15, 0.2) is 10.8 Å². The lowest BCUT2D eigenvalue weighted by Crippen LogP contribution is -2.35. The van der Waals surface area contributed by atoms with E-state index in [2.05, 4.69) is 15.6 Å². The second-order valence-electron chi connectivity index (χ2n) is 4.09. The molecule has 6 heteroatoms. The summed E-state index contributed by atoms with van der Waals surface area (Å²) in [5.41, 5.74) is 0.560. The van der Waals surface area contributed by atoms with Gasteiger partial charge in [-0.2, -0.15) is 0 Å². The summed E-state index contributed by atoms with van der Waals surface area (Å²) >= 11 is 0. The topological polar surface area (TPSA) is 84.2 Å². The van der Waals surface area contributed by atoms with Gasteiger partial charge in [-0.1, -0.05) is 0 Å². The maximum absolute atomic E-state index is 11.6. The van der Waals surface area contributed by atoms with E-state index in [9.17, 15) is 9.59 Å². The van der Waals surface area contributed by atoms with E-state index in [-0.39, 0.29) is 23.5 Å². The quantitative estimate of drug-likeness (QED) is 0.718. The Kier molecular flexibility index (Phi) is 3.41. The van der Waals surface area contributed by atoms with E-state index in [1.165, 1.54) is 6.39 Å². The number of hydrogen-bond acceptors (Lipinski definition) is 4. The normalized spacial score (nSPS) is 14.4. The van der Waals surface area contributed by atoms with Gasteiger partial charge in [-0.3, -0.25) is 9.59 Å². The molecule has 1 aromatic rings. The summed E-state index contributed by atoms with van der Waals surface area (Å²) in [7, 11) is 0. The molecule has 0 unspecified atom stereocenters. The van der Waals surface area contributed by atoms with Crippen molar-refractivity contribution in [3.05, 3.63) is 17.8 Å². The molecule has 17 heavy (non-hydrogen) atoms. The molecular formula is C11H15N3O3. The lowest BCUT2D eigenvalue weighted by molar-refractivity contribution is -0.122. The second-order valence-corrected chi connectivity index (χ2v) is 4.09. The van der Waals surface area contributed by atoms with Crippen molar-refractivity contribution in [1.29, 1.82) is 0 Å². The minimum atomic E-state index is -0.305. The van der Waals surface area contributed by atoms with E-state index in [0.29, 0.717) is 18.8 Å². The third-order valence-electron chi connectivity index (χ3n) is 2.61. The highest BCUT2D eigenvalue weighted by atomic mass is 16.3. The first-order valence-corrected chi connectivity index (χ1v) is 5.64. The summed E-state index contributed by atoms with van der Waals surface area (Å²) in [5, 5.41) is 5.41. The van der Waals surface area contributed by atoms with Gasteiger partial charge in [0.25, 0.3) is 5.91 Å². The summed E-state index contributed by atoms with van der Waals surface area (Å²) in [6, 6.07) is 0. The Morgan fingerprint density at radius 2 is 2.12 bits per heavy atom. The van der Waals surface area contributed by atoms with Crippen LogP contribution in [0.3, 0.4) is 0 Å². The lowest BCUT2D eigenvalue weighted by Gasteiger charge is -2.05. The molecule has 1 fully saturated rings. The molecule has 2 rings (SSSR count). The molecule has 0 aromatic carbocycles. The molecule has 1 saturated carbocycles. The van der Waals surface area contributed by atoms with Crippen LogP contribution >= 0.6 is 0 Å². The van der Waals surface area contributed by atoms with Crippen LogP contribution in [0.4, 0.5) is 0 Å². The van der Waals surface area contributed by atoms with Gasteiger partial charge in [0.1, 0.15) is 0 Å². The number of nitrogens with zero attached hydrogens (tertiary/aromatic N) is 1. The number of aromatic nitrogens is 1. The summed E-state index contributed by atoms with van der Waals surface area (Å²) in [4.78, 5) is 26.7. The molecule has 1 aliphatic rings. The summed E-state index contributed by atoms with van der Waals surface area (Å²) in [5.74, 6) is 0.191. The van der Waals surface area contributed by atoms with Gasteiger partial charge in [0.2, 0.25) is 11.7 Å². The third kappa shape index (κ3) is 3.05. The van der Waals surface area contributed by atoms with Crippen LogP contribution in [0.5, 0.6) is 0 Å². The maximum atomic E-state index is 11.6. The number of aryl methyl sites for hydroxylation is 1. The van der Waals surface area contributed by atoms with Gasteiger partial charge < -0.3 is 15.1 Å². The zero-order valence-corrected chi connectivity index (χ0v) is 9.66. The molecule has 0 bridgehead atoms. The molecule has 0 radical (unpaired) electrons. The van der Waals surface area contributed by atoms with Crippen molar-refractivity contribution in [2.45, 2.75) is 19.8 Å².